The molecule has 17 heavy (non-hydrogen) atoms. The van der Waals surface area contributed by atoms with Gasteiger partial charge in [-0.25, -0.2) is 4.79 Å². The number of hydrogen-bond acceptors (Lipinski definition) is 3. The van der Waals surface area contributed by atoms with Gasteiger partial charge >= 0.3 is 6.03 Å². The normalized spacial score (nSPS) is 30.9. The molecule has 2 N–H and O–H groups in total. The fourth-order valence-electron chi connectivity index (χ4n) is 2.38. The minimum Gasteiger partial charge on any atom is -0.332 e. The van der Waals surface area contributed by atoms with Gasteiger partial charge in [0.25, 0.3) is 0 Å². The first-order valence-electron chi connectivity index (χ1n) is 5.97. The van der Waals surface area contributed by atoms with Crippen LogP contribution in [0.15, 0.2) is 0 Å². The standard InChI is InChI=1S/C11H17IN2O2S/c12-5-7(15)3-1-2-4-9-10-8(6-17-9)13-11(16)14-10/h8-10H,1-6H2,(H2,13,14,16). The van der Waals surface area contributed by atoms with Gasteiger partial charge in [-0.15, -0.1) is 0 Å². The van der Waals surface area contributed by atoms with Crippen LogP contribution in [0.1, 0.15) is 25.7 Å². The summed E-state index contributed by atoms with van der Waals surface area (Å²) in [5.74, 6) is 1.36. The van der Waals surface area contributed by atoms with Crippen molar-refractivity contribution in [2.75, 3.05) is 10.2 Å². The second kappa shape index (κ2) is 6.26. The summed E-state index contributed by atoms with van der Waals surface area (Å²) in [7, 11) is 0. The number of hydrogen-bond donors (Lipinski definition) is 2. The number of carbonyl (C=O) groups excluding carboxylic acids is 2. The van der Waals surface area contributed by atoms with Crippen LogP contribution in [-0.2, 0) is 4.79 Å². The van der Waals surface area contributed by atoms with E-state index in [4.69, 9.17) is 0 Å². The first kappa shape index (κ1) is 13.5. The Morgan fingerprint density at radius 2 is 2.24 bits per heavy atom. The van der Waals surface area contributed by atoms with Crippen LogP contribution in [0.4, 0.5) is 4.79 Å². The molecule has 2 heterocycles. The smallest absolute Gasteiger partial charge is 0.315 e. The van der Waals surface area contributed by atoms with E-state index in [1.165, 1.54) is 0 Å². The molecule has 2 aliphatic rings. The number of amides is 2. The van der Waals surface area contributed by atoms with Crippen molar-refractivity contribution < 1.29 is 9.59 Å². The van der Waals surface area contributed by atoms with Gasteiger partial charge < -0.3 is 10.6 Å². The van der Waals surface area contributed by atoms with Crippen molar-refractivity contribution in [3.8, 4) is 0 Å². The number of rotatable bonds is 6. The summed E-state index contributed by atoms with van der Waals surface area (Å²) in [6.45, 7) is 0. The van der Waals surface area contributed by atoms with E-state index in [0.29, 0.717) is 34.0 Å². The number of fused-ring (bicyclic) bond motifs is 1. The van der Waals surface area contributed by atoms with E-state index in [9.17, 15) is 9.59 Å². The SMILES string of the molecule is O=C(CI)CCCCC1SCC2NC(=O)NC21. The second-order valence-electron chi connectivity index (χ2n) is 4.54. The molecule has 96 valence electrons. The number of alkyl halides is 1. The number of nitrogens with one attached hydrogen (secondary N) is 2. The van der Waals surface area contributed by atoms with E-state index < -0.39 is 0 Å². The molecule has 0 aromatic carbocycles. The summed E-state index contributed by atoms with van der Waals surface area (Å²) in [6.07, 6.45) is 3.87. The monoisotopic (exact) mass is 368 g/mol. The van der Waals surface area contributed by atoms with Crippen molar-refractivity contribution in [1.29, 1.82) is 0 Å². The summed E-state index contributed by atoms with van der Waals surface area (Å²) in [6, 6.07) is 0.589. The Kier molecular flexibility index (Phi) is 4.96. The Hall–Kier alpha value is 0.0200. The quantitative estimate of drug-likeness (QED) is 0.325. The molecule has 2 rings (SSSR count). The zero-order valence-corrected chi connectivity index (χ0v) is 12.6. The molecule has 2 amide bonds. The molecule has 3 unspecified atom stereocenters. The Morgan fingerprint density at radius 1 is 1.41 bits per heavy atom. The van der Waals surface area contributed by atoms with E-state index >= 15 is 0 Å². The Bertz CT molecular complexity index is 314. The third kappa shape index (κ3) is 3.49. The summed E-state index contributed by atoms with van der Waals surface area (Å²) in [5, 5.41) is 6.45. The lowest BCUT2D eigenvalue weighted by Gasteiger charge is -2.16. The molecule has 0 aliphatic carbocycles. The van der Waals surface area contributed by atoms with Gasteiger partial charge in [0.2, 0.25) is 0 Å². The molecule has 3 atom stereocenters. The molecule has 0 radical (unpaired) electrons. The first-order valence-corrected chi connectivity index (χ1v) is 8.54. The number of unbranched alkanes of at least 4 members (excludes halogenated alkanes) is 1. The fraction of sp³-hybridized carbons (Fsp3) is 0.818. The molecule has 0 aromatic heterocycles. The molecule has 4 nitrogen and oxygen atoms in total. The van der Waals surface area contributed by atoms with Crippen molar-refractivity contribution in [2.45, 2.75) is 43.0 Å². The van der Waals surface area contributed by atoms with Gasteiger partial charge in [0.1, 0.15) is 5.78 Å². The maximum absolute atomic E-state index is 11.2. The number of carbonyl (C=O) groups is 2. The molecule has 2 fully saturated rings. The summed E-state index contributed by atoms with van der Waals surface area (Å²) in [5.41, 5.74) is 0. The number of urea groups is 1. The number of thioether (sulfide) groups is 1. The average molecular weight is 368 g/mol. The maximum atomic E-state index is 11.2. The van der Waals surface area contributed by atoms with Gasteiger partial charge in [-0.05, 0) is 12.8 Å². The minimum absolute atomic E-state index is 0.0228. The zero-order chi connectivity index (χ0) is 12.3. The molecule has 6 heteroatoms. The van der Waals surface area contributed by atoms with Crippen LogP contribution in [0, 0.1) is 0 Å². The highest BCUT2D eigenvalue weighted by Gasteiger charge is 2.42. The first-order chi connectivity index (χ1) is 8.20. The highest BCUT2D eigenvalue weighted by atomic mass is 127. The van der Waals surface area contributed by atoms with Crippen molar-refractivity contribution in [1.82, 2.24) is 10.6 Å². The molecule has 0 bridgehead atoms. The largest absolute Gasteiger partial charge is 0.332 e. The molecule has 0 saturated carbocycles. The molecule has 0 aromatic rings. The second-order valence-corrected chi connectivity index (χ2v) is 6.57. The van der Waals surface area contributed by atoms with Gasteiger partial charge in [0.05, 0.1) is 16.5 Å². The van der Waals surface area contributed by atoms with Gasteiger partial charge in [0.15, 0.2) is 0 Å². The van der Waals surface area contributed by atoms with Crippen LogP contribution >= 0.6 is 34.4 Å². The van der Waals surface area contributed by atoms with Crippen molar-refractivity contribution in [2.24, 2.45) is 0 Å². The molecule has 0 spiro atoms. The van der Waals surface area contributed by atoms with E-state index in [2.05, 4.69) is 33.2 Å². The van der Waals surface area contributed by atoms with Crippen molar-refractivity contribution in [3.05, 3.63) is 0 Å². The summed E-state index contributed by atoms with van der Waals surface area (Å²) >= 11 is 4.05. The van der Waals surface area contributed by atoms with Crippen LogP contribution in [0.2, 0.25) is 0 Å². The highest BCUT2D eigenvalue weighted by molar-refractivity contribution is 14.1. The minimum atomic E-state index is -0.0228. The lowest BCUT2D eigenvalue weighted by molar-refractivity contribution is -0.116. The van der Waals surface area contributed by atoms with E-state index in [-0.39, 0.29) is 6.03 Å². The fourth-order valence-corrected chi connectivity index (χ4v) is 4.30. The Balaban J connectivity index is 1.66. The molecular formula is C11H17IN2O2S. The predicted molar refractivity (Wildman–Crippen MR) is 77.9 cm³/mol. The number of halogens is 1. The summed E-state index contributed by atoms with van der Waals surface area (Å²) in [4.78, 5) is 22.3. The third-order valence-corrected chi connectivity index (χ3v) is 5.64. The van der Waals surface area contributed by atoms with Gasteiger partial charge in [-0.3, -0.25) is 4.79 Å². The Labute approximate surface area is 119 Å². The van der Waals surface area contributed by atoms with E-state index in [0.717, 1.165) is 25.0 Å². The Morgan fingerprint density at radius 3 is 3.00 bits per heavy atom. The van der Waals surface area contributed by atoms with Crippen molar-refractivity contribution in [3.63, 3.8) is 0 Å². The van der Waals surface area contributed by atoms with Gasteiger partial charge in [0, 0.05) is 17.4 Å². The lowest BCUT2D eigenvalue weighted by Crippen LogP contribution is -2.36. The van der Waals surface area contributed by atoms with Crippen molar-refractivity contribution >= 4 is 46.2 Å². The highest BCUT2D eigenvalue weighted by Crippen LogP contribution is 2.33. The average Bonchev–Trinajstić information content (AvgIpc) is 2.84. The molecule has 2 saturated heterocycles. The van der Waals surface area contributed by atoms with Gasteiger partial charge in [-0.1, -0.05) is 29.0 Å². The van der Waals surface area contributed by atoms with E-state index in [1.807, 2.05) is 11.8 Å². The number of Topliss-reactive ketones (excluding diaryl/α,β-unsaturated/α-hetero) is 1. The lowest BCUT2D eigenvalue weighted by atomic mass is 10.0. The van der Waals surface area contributed by atoms with Crippen LogP contribution in [-0.4, -0.2) is 39.3 Å². The zero-order valence-electron chi connectivity index (χ0n) is 9.58. The maximum Gasteiger partial charge on any atom is 0.315 e. The van der Waals surface area contributed by atoms with Gasteiger partial charge in [-0.2, -0.15) is 11.8 Å². The molecular weight excluding hydrogens is 351 g/mol. The molecule has 2 aliphatic heterocycles. The third-order valence-electron chi connectivity index (χ3n) is 3.28. The number of ketones is 1. The van der Waals surface area contributed by atoms with Crippen LogP contribution < -0.4 is 10.6 Å². The topological polar surface area (TPSA) is 58.2 Å². The predicted octanol–water partition coefficient (Wildman–Crippen LogP) is 1.72. The van der Waals surface area contributed by atoms with Crippen LogP contribution in [0.3, 0.4) is 0 Å². The van der Waals surface area contributed by atoms with Crippen LogP contribution in [0.25, 0.3) is 0 Å². The van der Waals surface area contributed by atoms with Crippen LogP contribution in [0.5, 0.6) is 0 Å². The van der Waals surface area contributed by atoms with E-state index in [1.54, 1.807) is 0 Å². The summed E-state index contributed by atoms with van der Waals surface area (Å²) < 4.78 is 0.626.